The number of nitrogens with one attached hydrogen (secondary N) is 1. The second-order valence-electron chi connectivity index (χ2n) is 7.29. The first-order chi connectivity index (χ1) is 14.8. The fourth-order valence-electron chi connectivity index (χ4n) is 3.50. The summed E-state index contributed by atoms with van der Waals surface area (Å²) in [6.07, 6.45) is 5.59. The number of carbonyl (C=O) groups is 1. The van der Waals surface area contributed by atoms with Crippen LogP contribution < -0.4 is 5.43 Å². The standard InChI is InChI=1S/C21H23BrClN3O4S/c22-16-6-11-20(27)15(12-16)13-24-25-21(28)14-26(18-4-2-1-3-5-18)31(29,30)19-9-7-17(23)8-10-19/h6-13,18,27H,1-5,14H2,(H,25,28)/b24-13-. The molecule has 166 valence electrons. The van der Waals surface area contributed by atoms with Gasteiger partial charge < -0.3 is 5.11 Å². The lowest BCUT2D eigenvalue weighted by Gasteiger charge is -2.32. The molecule has 1 aliphatic carbocycles. The van der Waals surface area contributed by atoms with Gasteiger partial charge in [0, 0.05) is 21.1 Å². The van der Waals surface area contributed by atoms with Gasteiger partial charge in [0.1, 0.15) is 5.75 Å². The summed E-state index contributed by atoms with van der Waals surface area (Å²) in [5.41, 5.74) is 2.77. The number of hydrogen-bond acceptors (Lipinski definition) is 5. The molecule has 0 aliphatic heterocycles. The molecule has 0 radical (unpaired) electrons. The Hall–Kier alpha value is -1.94. The molecule has 10 heteroatoms. The lowest BCUT2D eigenvalue weighted by molar-refractivity contribution is -0.121. The summed E-state index contributed by atoms with van der Waals surface area (Å²) in [6, 6.07) is 10.5. The van der Waals surface area contributed by atoms with E-state index in [1.54, 1.807) is 12.1 Å². The molecule has 3 rings (SSSR count). The average Bonchev–Trinajstić information content (AvgIpc) is 2.75. The van der Waals surface area contributed by atoms with E-state index in [1.807, 2.05) is 0 Å². The van der Waals surface area contributed by atoms with Crippen LogP contribution in [-0.2, 0) is 14.8 Å². The van der Waals surface area contributed by atoms with Crippen LogP contribution in [0.3, 0.4) is 0 Å². The van der Waals surface area contributed by atoms with Crippen molar-refractivity contribution in [3.05, 3.63) is 57.5 Å². The summed E-state index contributed by atoms with van der Waals surface area (Å²) in [6.45, 7) is -0.350. The molecule has 1 fully saturated rings. The van der Waals surface area contributed by atoms with Gasteiger partial charge in [-0.05, 0) is 55.3 Å². The van der Waals surface area contributed by atoms with Crippen LogP contribution in [-0.4, -0.2) is 42.5 Å². The minimum atomic E-state index is -3.89. The summed E-state index contributed by atoms with van der Waals surface area (Å²) in [7, 11) is -3.89. The number of aromatic hydroxyl groups is 1. The molecule has 1 aliphatic rings. The Kier molecular flexibility index (Phi) is 8.10. The highest BCUT2D eigenvalue weighted by atomic mass is 79.9. The van der Waals surface area contributed by atoms with Crippen molar-refractivity contribution in [1.29, 1.82) is 0 Å². The third-order valence-electron chi connectivity index (χ3n) is 5.08. The van der Waals surface area contributed by atoms with Crippen molar-refractivity contribution >= 4 is 49.7 Å². The molecule has 2 N–H and O–H groups in total. The van der Waals surface area contributed by atoms with Gasteiger partial charge in [0.05, 0.1) is 17.7 Å². The minimum Gasteiger partial charge on any atom is -0.507 e. The molecule has 0 unspecified atom stereocenters. The topological polar surface area (TPSA) is 99.1 Å². The fraction of sp³-hybridized carbons (Fsp3) is 0.333. The van der Waals surface area contributed by atoms with E-state index >= 15 is 0 Å². The quantitative estimate of drug-likeness (QED) is 0.414. The summed E-state index contributed by atoms with van der Waals surface area (Å²) in [5.74, 6) is -0.552. The number of carbonyl (C=O) groups excluding carboxylic acids is 1. The largest absolute Gasteiger partial charge is 0.507 e. The SMILES string of the molecule is O=C(CN(C1CCCCC1)S(=O)(=O)c1ccc(Cl)cc1)N/N=C\c1cc(Br)ccc1O. The number of hydrazone groups is 1. The number of hydrogen-bond donors (Lipinski definition) is 2. The van der Waals surface area contributed by atoms with Gasteiger partial charge in [0.15, 0.2) is 0 Å². The van der Waals surface area contributed by atoms with Crippen molar-refractivity contribution < 1.29 is 18.3 Å². The third-order valence-corrected chi connectivity index (χ3v) is 7.74. The highest BCUT2D eigenvalue weighted by molar-refractivity contribution is 9.10. The first-order valence-corrected chi connectivity index (χ1v) is 12.5. The first kappa shape index (κ1) is 23.7. The molecule has 31 heavy (non-hydrogen) atoms. The average molecular weight is 529 g/mol. The highest BCUT2D eigenvalue weighted by Crippen LogP contribution is 2.28. The molecule has 0 bridgehead atoms. The zero-order chi connectivity index (χ0) is 22.4. The Morgan fingerprint density at radius 1 is 1.19 bits per heavy atom. The van der Waals surface area contributed by atoms with Crippen LogP contribution in [0.4, 0.5) is 0 Å². The minimum absolute atomic E-state index is 0.00958. The summed E-state index contributed by atoms with van der Waals surface area (Å²) >= 11 is 9.19. The molecule has 0 saturated heterocycles. The van der Waals surface area contributed by atoms with E-state index < -0.39 is 15.9 Å². The van der Waals surface area contributed by atoms with Crippen LogP contribution >= 0.6 is 27.5 Å². The molecule has 0 heterocycles. The number of sulfonamides is 1. The van der Waals surface area contributed by atoms with Gasteiger partial charge in [-0.15, -0.1) is 0 Å². The van der Waals surface area contributed by atoms with Crippen LogP contribution in [0.1, 0.15) is 37.7 Å². The Bertz CT molecular complexity index is 1050. The molecular weight excluding hydrogens is 506 g/mol. The molecule has 0 spiro atoms. The van der Waals surface area contributed by atoms with Crippen molar-refractivity contribution in [2.75, 3.05) is 6.54 Å². The Balaban J connectivity index is 1.76. The molecule has 2 aromatic rings. The van der Waals surface area contributed by atoms with Gasteiger partial charge in [0.25, 0.3) is 5.91 Å². The maximum absolute atomic E-state index is 13.3. The number of halogens is 2. The van der Waals surface area contributed by atoms with Crippen LogP contribution in [0.25, 0.3) is 0 Å². The summed E-state index contributed by atoms with van der Waals surface area (Å²) in [4.78, 5) is 12.6. The maximum atomic E-state index is 13.3. The Labute approximate surface area is 195 Å². The van der Waals surface area contributed by atoms with Gasteiger partial charge >= 0.3 is 0 Å². The smallest absolute Gasteiger partial charge is 0.255 e. The van der Waals surface area contributed by atoms with Gasteiger partial charge in [-0.25, -0.2) is 13.8 Å². The van der Waals surface area contributed by atoms with Crippen LogP contribution in [0.15, 0.2) is 56.9 Å². The molecular formula is C21H23BrClN3O4S. The van der Waals surface area contributed by atoms with E-state index in [1.165, 1.54) is 40.9 Å². The second-order valence-corrected chi connectivity index (χ2v) is 10.5. The molecule has 0 aromatic heterocycles. The lowest BCUT2D eigenvalue weighted by atomic mass is 9.95. The number of nitrogens with zero attached hydrogens (tertiary/aromatic N) is 2. The normalized spacial score (nSPS) is 15.5. The predicted octanol–water partition coefficient (Wildman–Crippen LogP) is 4.28. The van der Waals surface area contributed by atoms with Gasteiger partial charge in [-0.3, -0.25) is 4.79 Å². The van der Waals surface area contributed by atoms with Gasteiger partial charge in [0.2, 0.25) is 10.0 Å². The molecule has 7 nitrogen and oxygen atoms in total. The fourth-order valence-corrected chi connectivity index (χ4v) is 5.65. The van der Waals surface area contributed by atoms with Gasteiger partial charge in [-0.2, -0.15) is 9.41 Å². The Morgan fingerprint density at radius 2 is 1.87 bits per heavy atom. The van der Waals surface area contributed by atoms with Crippen molar-refractivity contribution in [3.8, 4) is 5.75 Å². The van der Waals surface area contributed by atoms with Crippen molar-refractivity contribution in [2.45, 2.75) is 43.0 Å². The summed E-state index contributed by atoms with van der Waals surface area (Å²) < 4.78 is 28.6. The van der Waals surface area contributed by atoms with Crippen LogP contribution in [0.5, 0.6) is 5.75 Å². The first-order valence-electron chi connectivity index (χ1n) is 9.85. The van der Waals surface area contributed by atoms with E-state index in [9.17, 15) is 18.3 Å². The highest BCUT2D eigenvalue weighted by Gasteiger charge is 2.33. The summed E-state index contributed by atoms with van der Waals surface area (Å²) in [5, 5.41) is 14.1. The number of amides is 1. The number of phenolic OH excluding ortho intramolecular Hbond substituents is 1. The van der Waals surface area contributed by atoms with E-state index in [2.05, 4.69) is 26.5 Å². The zero-order valence-corrected chi connectivity index (χ0v) is 19.8. The van der Waals surface area contributed by atoms with E-state index in [4.69, 9.17) is 11.6 Å². The second kappa shape index (κ2) is 10.6. The zero-order valence-electron chi connectivity index (χ0n) is 16.7. The van der Waals surface area contributed by atoms with Crippen LogP contribution in [0, 0.1) is 0 Å². The monoisotopic (exact) mass is 527 g/mol. The van der Waals surface area contributed by atoms with E-state index in [0.29, 0.717) is 23.4 Å². The third kappa shape index (κ3) is 6.29. The van der Waals surface area contributed by atoms with E-state index in [0.717, 1.165) is 23.7 Å². The van der Waals surface area contributed by atoms with Gasteiger partial charge in [-0.1, -0.05) is 46.8 Å². The van der Waals surface area contributed by atoms with E-state index in [-0.39, 0.29) is 23.2 Å². The number of phenols is 1. The Morgan fingerprint density at radius 3 is 2.55 bits per heavy atom. The number of benzene rings is 2. The predicted molar refractivity (Wildman–Crippen MR) is 124 cm³/mol. The maximum Gasteiger partial charge on any atom is 0.255 e. The number of rotatable bonds is 7. The molecule has 2 aromatic carbocycles. The van der Waals surface area contributed by atoms with Crippen molar-refractivity contribution in [1.82, 2.24) is 9.73 Å². The molecule has 1 saturated carbocycles. The van der Waals surface area contributed by atoms with Crippen LogP contribution in [0.2, 0.25) is 5.02 Å². The van der Waals surface area contributed by atoms with Crippen molar-refractivity contribution in [2.24, 2.45) is 5.10 Å². The molecule has 1 amide bonds. The lowest BCUT2D eigenvalue weighted by Crippen LogP contribution is -2.46. The molecule has 0 atom stereocenters. The van der Waals surface area contributed by atoms with Crippen molar-refractivity contribution in [3.63, 3.8) is 0 Å².